The Balaban J connectivity index is 1.74. The third-order valence-electron chi connectivity index (χ3n) is 4.36. The molecule has 0 saturated carbocycles. The molecule has 0 spiro atoms. The molecule has 0 saturated heterocycles. The molecule has 1 aromatic heterocycles. The topological polar surface area (TPSA) is 58.9 Å². The predicted octanol–water partition coefficient (Wildman–Crippen LogP) is 3.98. The molecule has 1 heterocycles. The molecule has 2 atom stereocenters. The highest BCUT2D eigenvalue weighted by atomic mass is 19.4. The van der Waals surface area contributed by atoms with Gasteiger partial charge in [0.05, 0.1) is 11.8 Å². The molecule has 2 aromatic carbocycles. The molecule has 0 unspecified atom stereocenters. The number of furan rings is 1. The zero-order valence-corrected chi connectivity index (χ0v) is 15.1. The van der Waals surface area contributed by atoms with E-state index in [1.807, 2.05) is 41.7 Å². The third-order valence-corrected chi connectivity index (χ3v) is 4.36. The Morgan fingerprint density at radius 2 is 1.79 bits per heavy atom. The van der Waals surface area contributed by atoms with Gasteiger partial charge in [0.2, 0.25) is 0 Å². The number of carbonyl (C=O) groups is 1. The second kappa shape index (κ2) is 8.31. The van der Waals surface area contributed by atoms with Gasteiger partial charge in [0, 0.05) is 11.3 Å². The minimum absolute atomic E-state index is 0.106. The van der Waals surface area contributed by atoms with E-state index in [0.29, 0.717) is 5.76 Å². The van der Waals surface area contributed by atoms with Crippen LogP contribution in [0, 0.1) is 0 Å². The molecule has 146 valence electrons. The normalized spacial score (nSPS) is 13.7. The van der Waals surface area contributed by atoms with Crippen molar-refractivity contribution in [2.75, 3.05) is 5.32 Å². The van der Waals surface area contributed by atoms with Crippen LogP contribution in [0.15, 0.2) is 77.4 Å². The number of carbonyl (C=O) groups excluding carboxylic acids is 1. The Morgan fingerprint density at radius 1 is 1.04 bits per heavy atom. The second-order valence-corrected chi connectivity index (χ2v) is 6.45. The lowest BCUT2D eigenvalue weighted by Gasteiger charge is -2.19. The second-order valence-electron chi connectivity index (χ2n) is 6.45. The number of quaternary nitrogens is 1. The molecule has 0 bridgehead atoms. The number of halogens is 3. The minimum atomic E-state index is -4.46. The van der Waals surface area contributed by atoms with Gasteiger partial charge in [-0.2, -0.15) is 13.2 Å². The molecule has 28 heavy (non-hydrogen) atoms. The maximum atomic E-state index is 12.9. The predicted molar refractivity (Wildman–Crippen MR) is 98.5 cm³/mol. The number of hydrogen-bond donors (Lipinski definition) is 2. The third kappa shape index (κ3) is 4.80. The Labute approximate surface area is 160 Å². The van der Waals surface area contributed by atoms with Crippen molar-refractivity contribution >= 4 is 11.6 Å². The Morgan fingerprint density at radius 3 is 2.43 bits per heavy atom. The molecule has 0 aliphatic carbocycles. The van der Waals surface area contributed by atoms with E-state index in [2.05, 4.69) is 5.32 Å². The minimum Gasteiger partial charge on any atom is -0.463 e. The summed E-state index contributed by atoms with van der Waals surface area (Å²) >= 11 is 0. The molecule has 0 aliphatic heterocycles. The lowest BCUT2D eigenvalue weighted by Crippen LogP contribution is -2.92. The molecule has 0 radical (unpaired) electrons. The lowest BCUT2D eigenvalue weighted by atomic mass is 10.0. The molecular formula is C21H20F3N2O2+. The van der Waals surface area contributed by atoms with Gasteiger partial charge in [-0.05, 0) is 37.3 Å². The van der Waals surface area contributed by atoms with Crippen LogP contribution in [-0.4, -0.2) is 11.9 Å². The highest BCUT2D eigenvalue weighted by molar-refractivity contribution is 5.93. The van der Waals surface area contributed by atoms with E-state index in [-0.39, 0.29) is 11.7 Å². The summed E-state index contributed by atoms with van der Waals surface area (Å²) in [5.41, 5.74) is 0.255. The Kier molecular flexibility index (Phi) is 5.84. The van der Waals surface area contributed by atoms with Crippen LogP contribution in [0.4, 0.5) is 18.9 Å². The van der Waals surface area contributed by atoms with E-state index in [0.717, 1.165) is 17.7 Å². The van der Waals surface area contributed by atoms with Gasteiger partial charge in [-0.3, -0.25) is 4.79 Å². The van der Waals surface area contributed by atoms with Crippen LogP contribution in [-0.2, 0) is 11.0 Å². The maximum absolute atomic E-state index is 12.9. The zero-order chi connectivity index (χ0) is 20.1. The van der Waals surface area contributed by atoms with Gasteiger partial charge in [-0.1, -0.05) is 36.4 Å². The van der Waals surface area contributed by atoms with E-state index in [9.17, 15) is 18.0 Å². The van der Waals surface area contributed by atoms with Crippen LogP contribution >= 0.6 is 0 Å². The molecule has 7 heteroatoms. The van der Waals surface area contributed by atoms with Gasteiger partial charge in [-0.15, -0.1) is 0 Å². The molecule has 3 N–H and O–H groups in total. The van der Waals surface area contributed by atoms with Crippen molar-refractivity contribution < 1.29 is 27.7 Å². The summed E-state index contributed by atoms with van der Waals surface area (Å²) in [5.74, 6) is 0.289. The monoisotopic (exact) mass is 389 g/mol. The first-order valence-electron chi connectivity index (χ1n) is 8.76. The van der Waals surface area contributed by atoms with E-state index >= 15 is 0 Å². The first-order valence-corrected chi connectivity index (χ1v) is 8.76. The van der Waals surface area contributed by atoms with Crippen molar-refractivity contribution in [1.29, 1.82) is 0 Å². The molecular weight excluding hydrogens is 369 g/mol. The summed E-state index contributed by atoms with van der Waals surface area (Å²) < 4.78 is 44.1. The number of nitrogens with one attached hydrogen (secondary N) is 1. The summed E-state index contributed by atoms with van der Waals surface area (Å²) in [4.78, 5) is 12.6. The van der Waals surface area contributed by atoms with Gasteiger partial charge < -0.3 is 15.1 Å². The zero-order valence-electron chi connectivity index (χ0n) is 15.1. The highest BCUT2D eigenvalue weighted by Crippen LogP contribution is 2.30. The van der Waals surface area contributed by atoms with E-state index in [1.165, 1.54) is 12.1 Å². The number of amides is 1. The fourth-order valence-corrected chi connectivity index (χ4v) is 2.90. The molecule has 0 fully saturated rings. The number of nitrogens with two attached hydrogens (primary N) is 1. The maximum Gasteiger partial charge on any atom is 0.416 e. The van der Waals surface area contributed by atoms with E-state index in [4.69, 9.17) is 4.42 Å². The molecule has 3 rings (SSSR count). The van der Waals surface area contributed by atoms with Gasteiger partial charge in [0.1, 0.15) is 0 Å². The number of anilines is 1. The summed E-state index contributed by atoms with van der Waals surface area (Å²) in [6.45, 7) is 1.70. The Hall–Kier alpha value is -3.06. The average molecular weight is 389 g/mol. The molecule has 1 amide bonds. The lowest BCUT2D eigenvalue weighted by molar-refractivity contribution is -0.706. The van der Waals surface area contributed by atoms with Crippen LogP contribution in [0.25, 0.3) is 0 Å². The number of rotatable bonds is 6. The van der Waals surface area contributed by atoms with Gasteiger partial charge >= 0.3 is 6.18 Å². The van der Waals surface area contributed by atoms with Gasteiger partial charge in [-0.25, -0.2) is 0 Å². The van der Waals surface area contributed by atoms with Crippen molar-refractivity contribution in [3.05, 3.63) is 89.9 Å². The fourth-order valence-electron chi connectivity index (χ4n) is 2.90. The largest absolute Gasteiger partial charge is 0.463 e. The van der Waals surface area contributed by atoms with Crippen LogP contribution in [0.1, 0.15) is 29.9 Å². The van der Waals surface area contributed by atoms with Crippen LogP contribution < -0.4 is 10.6 Å². The van der Waals surface area contributed by atoms with Crippen molar-refractivity contribution in [2.24, 2.45) is 0 Å². The van der Waals surface area contributed by atoms with Crippen molar-refractivity contribution in [3.8, 4) is 0 Å². The van der Waals surface area contributed by atoms with Gasteiger partial charge in [0.25, 0.3) is 5.91 Å². The smallest absolute Gasteiger partial charge is 0.416 e. The summed E-state index contributed by atoms with van der Waals surface area (Å²) in [6.07, 6.45) is -2.90. The summed E-state index contributed by atoms with van der Waals surface area (Å²) in [6, 6.07) is 16.9. The highest BCUT2D eigenvalue weighted by Gasteiger charge is 2.31. The van der Waals surface area contributed by atoms with Crippen LogP contribution in [0.5, 0.6) is 0 Å². The number of benzene rings is 2. The first-order chi connectivity index (χ1) is 13.3. The van der Waals surface area contributed by atoms with E-state index in [1.54, 1.807) is 19.3 Å². The van der Waals surface area contributed by atoms with Crippen molar-refractivity contribution in [2.45, 2.75) is 25.2 Å². The average Bonchev–Trinajstić information content (AvgIpc) is 3.20. The quantitative estimate of drug-likeness (QED) is 0.670. The summed E-state index contributed by atoms with van der Waals surface area (Å²) in [5, 5.41) is 4.37. The van der Waals surface area contributed by atoms with Crippen molar-refractivity contribution in [1.82, 2.24) is 0 Å². The van der Waals surface area contributed by atoms with Crippen LogP contribution in [0.3, 0.4) is 0 Å². The summed E-state index contributed by atoms with van der Waals surface area (Å²) in [7, 11) is 0. The van der Waals surface area contributed by atoms with Crippen LogP contribution in [0.2, 0.25) is 0 Å². The SMILES string of the molecule is C[C@H]([NH2+][C@@H](c1ccccc1)c1ccco1)C(=O)Nc1cccc(C(F)(F)F)c1. The van der Waals surface area contributed by atoms with Crippen molar-refractivity contribution in [3.63, 3.8) is 0 Å². The molecule has 4 nitrogen and oxygen atoms in total. The molecule has 0 aliphatic rings. The van der Waals surface area contributed by atoms with E-state index < -0.39 is 23.7 Å². The first kappa shape index (κ1) is 19.7. The fraction of sp³-hybridized carbons (Fsp3) is 0.190. The standard InChI is InChI=1S/C21H19F3N2O2/c1-14(20(27)26-17-10-5-9-16(13-17)21(22,23)24)25-19(18-11-6-12-28-18)15-7-3-2-4-8-15/h2-14,19,25H,1H3,(H,26,27)/p+1/t14-,19-/m0/s1. The van der Waals surface area contributed by atoms with Gasteiger partial charge in [0.15, 0.2) is 17.8 Å². The number of alkyl halides is 3. The number of hydrogen-bond acceptors (Lipinski definition) is 2. The molecule has 3 aromatic rings. The Bertz CT molecular complexity index is 909.